The summed E-state index contributed by atoms with van der Waals surface area (Å²) in [6, 6.07) is 6.14. The third kappa shape index (κ3) is 3.48. The first-order valence-electron chi connectivity index (χ1n) is 5.20. The normalized spacial score (nSPS) is 12.7. The van der Waals surface area contributed by atoms with Gasteiger partial charge in [0.2, 0.25) is 0 Å². The molecule has 0 saturated carbocycles. The van der Waals surface area contributed by atoms with Crippen molar-refractivity contribution in [1.29, 1.82) is 0 Å². The van der Waals surface area contributed by atoms with Crippen molar-refractivity contribution in [3.63, 3.8) is 0 Å². The van der Waals surface area contributed by atoms with Gasteiger partial charge in [-0.3, -0.25) is 0 Å². The Morgan fingerprint density at radius 3 is 2.67 bits per heavy atom. The molecule has 1 heterocycles. The lowest BCUT2D eigenvalue weighted by atomic mass is 10.1. The molecule has 2 rings (SSSR count). The van der Waals surface area contributed by atoms with Crippen LogP contribution in [0.3, 0.4) is 0 Å². The van der Waals surface area contributed by atoms with Gasteiger partial charge in [0.25, 0.3) is 0 Å². The predicted molar refractivity (Wildman–Crippen MR) is 82.6 cm³/mol. The van der Waals surface area contributed by atoms with Crippen molar-refractivity contribution in [2.75, 3.05) is 6.26 Å². The maximum Gasteiger partial charge on any atom is 0.179 e. The van der Waals surface area contributed by atoms with Gasteiger partial charge in [-0.25, -0.2) is 0 Å². The number of benzene rings is 1. The minimum Gasteiger partial charge on any atom is -0.324 e. The summed E-state index contributed by atoms with van der Waals surface area (Å²) in [4.78, 5) is 1.14. The Kier molecular flexibility index (Phi) is 5.08. The van der Waals surface area contributed by atoms with E-state index in [-0.39, 0.29) is 6.04 Å². The molecular weight excluding hydrogens is 350 g/mol. The van der Waals surface area contributed by atoms with E-state index < -0.39 is 0 Å². The number of nitrogens with zero attached hydrogens (tertiary/aromatic N) is 2. The van der Waals surface area contributed by atoms with Crippen LogP contribution in [0.25, 0.3) is 0 Å². The Bertz CT molecular complexity index is 542. The number of halogens is 1. The van der Waals surface area contributed by atoms with Crippen LogP contribution in [-0.4, -0.2) is 16.5 Å². The minimum atomic E-state index is -0.00191. The Balaban J connectivity index is 2.28. The first-order chi connectivity index (χ1) is 8.60. The highest BCUT2D eigenvalue weighted by Gasteiger charge is 2.12. The zero-order valence-electron chi connectivity index (χ0n) is 9.88. The quantitative estimate of drug-likeness (QED) is 0.827. The standard InChI is InChI=1S/C11H12BrN3S3/c1-6(13)8-5-7(12)3-4-9(8)17-11-15-14-10(16-2)18-11/h3-6H,13H2,1-2H3. The third-order valence-corrected chi connectivity index (χ3v) is 5.76. The average Bonchev–Trinajstić information content (AvgIpc) is 2.79. The number of nitrogens with two attached hydrogens (primary N) is 1. The first kappa shape index (κ1) is 14.3. The van der Waals surface area contributed by atoms with Gasteiger partial charge in [0.05, 0.1) is 0 Å². The molecule has 0 radical (unpaired) electrons. The Morgan fingerprint density at radius 2 is 2.06 bits per heavy atom. The van der Waals surface area contributed by atoms with Crippen LogP contribution in [0.4, 0.5) is 0 Å². The summed E-state index contributed by atoms with van der Waals surface area (Å²) in [6.45, 7) is 1.99. The van der Waals surface area contributed by atoms with Gasteiger partial charge in [-0.1, -0.05) is 50.8 Å². The highest BCUT2D eigenvalue weighted by atomic mass is 79.9. The second-order valence-electron chi connectivity index (χ2n) is 3.61. The number of hydrogen-bond acceptors (Lipinski definition) is 6. The number of thioether (sulfide) groups is 1. The van der Waals surface area contributed by atoms with E-state index in [1.807, 2.05) is 19.2 Å². The lowest BCUT2D eigenvalue weighted by Gasteiger charge is -2.11. The molecule has 2 aromatic rings. The molecule has 1 unspecified atom stereocenters. The summed E-state index contributed by atoms with van der Waals surface area (Å²) in [5.41, 5.74) is 7.12. The zero-order valence-corrected chi connectivity index (χ0v) is 13.9. The van der Waals surface area contributed by atoms with Gasteiger partial charge in [-0.05, 0) is 36.9 Å². The molecule has 1 aromatic carbocycles. The van der Waals surface area contributed by atoms with Crippen molar-refractivity contribution in [3.05, 3.63) is 28.2 Å². The van der Waals surface area contributed by atoms with Gasteiger partial charge >= 0.3 is 0 Å². The summed E-state index contributed by atoms with van der Waals surface area (Å²) in [5.74, 6) is 0. The molecule has 18 heavy (non-hydrogen) atoms. The van der Waals surface area contributed by atoms with Gasteiger partial charge in [0.1, 0.15) is 0 Å². The molecule has 0 spiro atoms. The van der Waals surface area contributed by atoms with Crippen LogP contribution in [0.1, 0.15) is 18.5 Å². The van der Waals surface area contributed by atoms with E-state index in [4.69, 9.17) is 5.73 Å². The molecule has 0 aliphatic carbocycles. The highest BCUT2D eigenvalue weighted by molar-refractivity contribution is 9.10. The molecule has 2 N–H and O–H groups in total. The zero-order chi connectivity index (χ0) is 13.1. The Hall–Kier alpha value is -0.0800. The van der Waals surface area contributed by atoms with Crippen molar-refractivity contribution < 1.29 is 0 Å². The smallest absolute Gasteiger partial charge is 0.179 e. The van der Waals surface area contributed by atoms with Crippen LogP contribution < -0.4 is 5.73 Å². The number of hydrogen-bond donors (Lipinski definition) is 1. The molecule has 0 aliphatic rings. The fourth-order valence-corrected chi connectivity index (χ4v) is 4.37. The summed E-state index contributed by atoms with van der Waals surface area (Å²) in [6.07, 6.45) is 2.00. The van der Waals surface area contributed by atoms with E-state index in [2.05, 4.69) is 38.3 Å². The monoisotopic (exact) mass is 361 g/mol. The summed E-state index contributed by atoms with van der Waals surface area (Å²) in [7, 11) is 0. The van der Waals surface area contributed by atoms with E-state index >= 15 is 0 Å². The molecular formula is C11H12BrN3S3. The molecule has 3 nitrogen and oxygen atoms in total. The van der Waals surface area contributed by atoms with Crippen LogP contribution in [-0.2, 0) is 0 Å². The number of rotatable bonds is 4. The molecule has 1 aromatic heterocycles. The topological polar surface area (TPSA) is 51.8 Å². The molecule has 0 aliphatic heterocycles. The van der Waals surface area contributed by atoms with E-state index in [0.717, 1.165) is 23.6 Å². The Labute approximate surface area is 127 Å². The van der Waals surface area contributed by atoms with Crippen LogP contribution in [0.15, 0.2) is 36.2 Å². The summed E-state index contributed by atoms with van der Waals surface area (Å²) < 4.78 is 2.97. The SMILES string of the molecule is CSc1nnc(Sc2ccc(Br)cc2C(C)N)s1. The van der Waals surface area contributed by atoms with Crippen molar-refractivity contribution in [2.24, 2.45) is 5.73 Å². The number of aromatic nitrogens is 2. The van der Waals surface area contributed by atoms with E-state index in [9.17, 15) is 0 Å². The lowest BCUT2D eigenvalue weighted by molar-refractivity contribution is 0.796. The van der Waals surface area contributed by atoms with E-state index in [0.29, 0.717) is 0 Å². The molecule has 0 fully saturated rings. The van der Waals surface area contributed by atoms with Gasteiger partial charge in [0, 0.05) is 15.4 Å². The first-order valence-corrected chi connectivity index (χ1v) is 8.85. The largest absolute Gasteiger partial charge is 0.324 e. The van der Waals surface area contributed by atoms with E-state index in [1.54, 1.807) is 34.9 Å². The summed E-state index contributed by atoms with van der Waals surface area (Å²) in [5, 5.41) is 8.26. The fourth-order valence-electron chi connectivity index (χ4n) is 1.38. The average molecular weight is 362 g/mol. The van der Waals surface area contributed by atoms with Gasteiger partial charge < -0.3 is 5.73 Å². The molecule has 7 heteroatoms. The van der Waals surface area contributed by atoms with Gasteiger partial charge in [-0.15, -0.1) is 10.2 Å². The molecule has 0 amide bonds. The fraction of sp³-hybridized carbons (Fsp3) is 0.273. The highest BCUT2D eigenvalue weighted by Crippen LogP contribution is 2.37. The summed E-state index contributed by atoms with van der Waals surface area (Å²) >= 11 is 8.31. The molecule has 96 valence electrons. The van der Waals surface area contributed by atoms with Crippen molar-refractivity contribution in [2.45, 2.75) is 26.5 Å². The van der Waals surface area contributed by atoms with Crippen LogP contribution >= 0.6 is 50.8 Å². The third-order valence-electron chi connectivity index (χ3n) is 2.22. The van der Waals surface area contributed by atoms with E-state index in [1.165, 1.54) is 0 Å². The van der Waals surface area contributed by atoms with Crippen LogP contribution in [0, 0.1) is 0 Å². The predicted octanol–water partition coefficient (Wildman–Crippen LogP) is 4.19. The van der Waals surface area contributed by atoms with Crippen molar-refractivity contribution in [1.82, 2.24) is 10.2 Å². The van der Waals surface area contributed by atoms with Crippen LogP contribution in [0.5, 0.6) is 0 Å². The van der Waals surface area contributed by atoms with Crippen LogP contribution in [0.2, 0.25) is 0 Å². The van der Waals surface area contributed by atoms with Gasteiger partial charge in [0.15, 0.2) is 8.68 Å². The maximum atomic E-state index is 6.00. The van der Waals surface area contributed by atoms with Crippen molar-refractivity contribution in [3.8, 4) is 0 Å². The minimum absolute atomic E-state index is 0.00191. The lowest BCUT2D eigenvalue weighted by Crippen LogP contribution is -2.06. The molecule has 0 bridgehead atoms. The molecule has 0 saturated heterocycles. The second kappa shape index (κ2) is 6.38. The van der Waals surface area contributed by atoms with Crippen molar-refractivity contribution >= 4 is 50.8 Å². The van der Waals surface area contributed by atoms with Gasteiger partial charge in [-0.2, -0.15) is 0 Å². The maximum absolute atomic E-state index is 6.00. The Morgan fingerprint density at radius 1 is 1.33 bits per heavy atom. The molecule has 1 atom stereocenters. The second-order valence-corrected chi connectivity index (χ2v) is 7.85.